The van der Waals surface area contributed by atoms with Gasteiger partial charge in [0.25, 0.3) is 0 Å². The minimum absolute atomic E-state index is 0.0447. The van der Waals surface area contributed by atoms with Crippen molar-refractivity contribution in [3.63, 3.8) is 0 Å². The molecule has 0 aromatic rings. The Hall–Kier alpha value is -0.940. The van der Waals surface area contributed by atoms with E-state index >= 15 is 0 Å². The van der Waals surface area contributed by atoms with Crippen LogP contribution in [0.4, 0.5) is 4.79 Å². The fraction of sp³-hybridized carbons (Fsp3) is 0.571. The third-order valence-electron chi connectivity index (χ3n) is 1.34. The van der Waals surface area contributed by atoms with Gasteiger partial charge in [0.05, 0.1) is 16.6 Å². The van der Waals surface area contributed by atoms with Gasteiger partial charge in [-0.3, -0.25) is 4.18 Å². The quantitative estimate of drug-likeness (QED) is 0.512. The van der Waals surface area contributed by atoms with Gasteiger partial charge in [0.2, 0.25) is 0 Å². The molecule has 1 saturated heterocycles. The Labute approximate surface area is 82.7 Å². The first kappa shape index (κ1) is 11.1. The largest absolute Gasteiger partial charge is 0.523 e. The summed E-state index contributed by atoms with van der Waals surface area (Å²) in [6, 6.07) is 0. The summed E-state index contributed by atoms with van der Waals surface area (Å²) >= 11 is 0. The molecule has 0 bridgehead atoms. The molecule has 1 atom stereocenters. The minimum Gasteiger partial charge on any atom is -0.427 e. The molecule has 0 aromatic heterocycles. The first-order valence-electron chi connectivity index (χ1n) is 3.73. The van der Waals surface area contributed by atoms with Gasteiger partial charge >= 0.3 is 6.16 Å². The summed E-state index contributed by atoms with van der Waals surface area (Å²) in [5.74, 6) is 2.22. The molecule has 0 spiro atoms. The zero-order chi connectivity index (χ0) is 10.6. The zero-order valence-electron chi connectivity index (χ0n) is 7.43. The number of carbonyl (C=O) groups excluding carboxylic acids is 1. The smallest absolute Gasteiger partial charge is 0.427 e. The molecule has 2 N–H and O–H groups in total. The van der Waals surface area contributed by atoms with Gasteiger partial charge in [-0.1, -0.05) is 5.92 Å². The number of ether oxygens (including phenoxy) is 2. The predicted octanol–water partition coefficient (Wildman–Crippen LogP) is 1.18. The molecule has 1 aliphatic rings. The van der Waals surface area contributed by atoms with Crippen LogP contribution in [0.2, 0.25) is 0 Å². The molecule has 80 valence electrons. The third kappa shape index (κ3) is 3.43. The van der Waals surface area contributed by atoms with Crippen LogP contribution >= 0.6 is 10.9 Å². The highest BCUT2D eigenvalue weighted by Crippen LogP contribution is 2.45. The van der Waals surface area contributed by atoms with Gasteiger partial charge in [-0.05, 0) is 0 Å². The topological polar surface area (TPSA) is 85.2 Å². The van der Waals surface area contributed by atoms with Crippen LogP contribution in [0.25, 0.3) is 0 Å². The van der Waals surface area contributed by atoms with Crippen LogP contribution in [0.1, 0.15) is 6.92 Å². The molecule has 0 aromatic carbocycles. The van der Waals surface area contributed by atoms with Crippen molar-refractivity contribution in [2.75, 3.05) is 12.4 Å². The van der Waals surface area contributed by atoms with E-state index in [9.17, 15) is 4.79 Å². The van der Waals surface area contributed by atoms with Gasteiger partial charge in [0.15, 0.2) is 0 Å². The molecule has 6 nitrogen and oxygen atoms in total. The van der Waals surface area contributed by atoms with Gasteiger partial charge in [-0.25, -0.2) is 4.79 Å². The summed E-state index contributed by atoms with van der Waals surface area (Å²) in [7, 11) is -3.03. The van der Waals surface area contributed by atoms with Crippen LogP contribution < -0.4 is 0 Å². The van der Waals surface area contributed by atoms with E-state index in [1.54, 1.807) is 0 Å². The number of carbonyl (C=O) groups is 1. The Bertz CT molecular complexity index is 278. The van der Waals surface area contributed by atoms with E-state index in [4.69, 9.17) is 9.11 Å². The average molecular weight is 222 g/mol. The average Bonchev–Trinajstić information content (AvgIpc) is 2.42. The lowest BCUT2D eigenvalue weighted by atomic mass is 10.4. The van der Waals surface area contributed by atoms with Crippen LogP contribution in [0, 0.1) is 12.0 Å². The summed E-state index contributed by atoms with van der Waals surface area (Å²) in [6.07, 6.45) is 0.403. The van der Waals surface area contributed by atoms with Gasteiger partial charge in [0, 0.05) is 6.92 Å². The molecule has 7 heteroatoms. The van der Waals surface area contributed by atoms with Gasteiger partial charge in [-0.2, -0.15) is 0 Å². The third-order valence-corrected chi connectivity index (χ3v) is 2.66. The van der Waals surface area contributed by atoms with Crippen molar-refractivity contribution < 1.29 is 27.6 Å². The van der Waals surface area contributed by atoms with E-state index in [-0.39, 0.29) is 12.4 Å². The van der Waals surface area contributed by atoms with Crippen molar-refractivity contribution in [3.05, 3.63) is 0 Å². The summed E-state index contributed by atoms with van der Waals surface area (Å²) < 4.78 is 31.6. The fourth-order valence-electron chi connectivity index (χ4n) is 0.844. The van der Waals surface area contributed by atoms with E-state index < -0.39 is 23.1 Å². The predicted molar refractivity (Wildman–Crippen MR) is 48.5 cm³/mol. The van der Waals surface area contributed by atoms with E-state index in [1.807, 2.05) is 0 Å². The molecule has 0 amide bonds. The lowest BCUT2D eigenvalue weighted by molar-refractivity contribution is 0.0499. The van der Waals surface area contributed by atoms with E-state index in [2.05, 4.69) is 25.7 Å². The van der Waals surface area contributed by atoms with Crippen molar-refractivity contribution in [1.29, 1.82) is 0 Å². The van der Waals surface area contributed by atoms with Crippen LogP contribution in [0.3, 0.4) is 0 Å². The van der Waals surface area contributed by atoms with Crippen LogP contribution in [0.5, 0.6) is 0 Å². The Balaban J connectivity index is 2.31. The molecule has 1 heterocycles. The number of hydrogen-bond acceptors (Lipinski definition) is 6. The van der Waals surface area contributed by atoms with Crippen molar-refractivity contribution in [3.8, 4) is 12.0 Å². The molecule has 1 fully saturated rings. The highest BCUT2D eigenvalue weighted by atomic mass is 32.3. The molecule has 1 unspecified atom stereocenters. The lowest BCUT2D eigenvalue weighted by Crippen LogP contribution is -2.21. The minimum atomic E-state index is -3.03. The Morgan fingerprint density at radius 3 is 2.86 bits per heavy atom. The molecule has 0 aliphatic carbocycles. The lowest BCUT2D eigenvalue weighted by Gasteiger charge is -2.17. The van der Waals surface area contributed by atoms with Crippen LogP contribution in [0.15, 0.2) is 0 Å². The van der Waals surface area contributed by atoms with Gasteiger partial charge < -0.3 is 18.6 Å². The van der Waals surface area contributed by atoms with E-state index in [1.165, 1.54) is 6.92 Å². The Morgan fingerprint density at radius 1 is 1.64 bits per heavy atom. The highest BCUT2D eigenvalue weighted by Gasteiger charge is 2.35. The molecule has 1 rings (SSSR count). The SMILES string of the molecule is CC#COC(=O)OC1COS(O)(O)C1. The Kier molecular flexibility index (Phi) is 3.60. The normalized spacial score (nSPS) is 25.8. The first-order chi connectivity index (χ1) is 6.53. The van der Waals surface area contributed by atoms with Crippen LogP contribution in [-0.4, -0.2) is 33.7 Å². The van der Waals surface area contributed by atoms with Gasteiger partial charge in [0.1, 0.15) is 18.8 Å². The maximum atomic E-state index is 10.8. The Morgan fingerprint density at radius 2 is 2.36 bits per heavy atom. The second kappa shape index (κ2) is 4.52. The summed E-state index contributed by atoms with van der Waals surface area (Å²) in [5, 5.41) is 0. The van der Waals surface area contributed by atoms with E-state index in [0.29, 0.717) is 0 Å². The van der Waals surface area contributed by atoms with Crippen molar-refractivity contribution in [2.45, 2.75) is 13.0 Å². The van der Waals surface area contributed by atoms with Crippen molar-refractivity contribution >= 4 is 17.0 Å². The molecular weight excluding hydrogens is 212 g/mol. The molecule has 0 radical (unpaired) electrons. The molecule has 0 saturated carbocycles. The standard InChI is InChI=1S/C7H10O6S/c1-2-3-11-7(8)13-6-4-12-14(9,10)5-6/h6,9-10H,4-5H2,1H3. The van der Waals surface area contributed by atoms with Crippen molar-refractivity contribution in [1.82, 2.24) is 0 Å². The second-order valence-electron chi connectivity index (χ2n) is 2.50. The summed E-state index contributed by atoms with van der Waals surface area (Å²) in [4.78, 5) is 10.8. The van der Waals surface area contributed by atoms with Crippen LogP contribution in [-0.2, 0) is 13.7 Å². The summed E-state index contributed by atoms with van der Waals surface area (Å²) in [6.45, 7) is 1.46. The van der Waals surface area contributed by atoms with Crippen molar-refractivity contribution in [2.24, 2.45) is 0 Å². The molecule has 1 aliphatic heterocycles. The fourth-order valence-corrected chi connectivity index (χ4v) is 1.96. The first-order valence-corrected chi connectivity index (χ1v) is 5.37. The second-order valence-corrected chi connectivity index (χ2v) is 4.28. The van der Waals surface area contributed by atoms with Gasteiger partial charge in [-0.15, -0.1) is 0 Å². The molecule has 14 heavy (non-hydrogen) atoms. The number of hydrogen-bond donors (Lipinski definition) is 2. The monoisotopic (exact) mass is 222 g/mol. The highest BCUT2D eigenvalue weighted by molar-refractivity contribution is 8.20. The summed E-state index contributed by atoms with van der Waals surface area (Å²) in [5.41, 5.74) is 0. The zero-order valence-corrected chi connectivity index (χ0v) is 8.24. The maximum absolute atomic E-state index is 10.8. The van der Waals surface area contributed by atoms with E-state index in [0.717, 1.165) is 0 Å². The number of rotatable bonds is 1. The maximum Gasteiger partial charge on any atom is 0.523 e. The molecular formula is C7H10O6S.